The van der Waals surface area contributed by atoms with Crippen LogP contribution in [0.1, 0.15) is 44.0 Å². The smallest absolute Gasteiger partial charge is 0.0714 e. The SMILES string of the molecule is CCc1nn(C2CC2)c2cc(-c3ccnn3C3CCS(O)(O)C3)ccc12. The molecule has 7 heteroatoms. The van der Waals surface area contributed by atoms with E-state index in [9.17, 15) is 9.11 Å². The van der Waals surface area contributed by atoms with Crippen molar-refractivity contribution >= 4 is 21.5 Å². The van der Waals surface area contributed by atoms with Gasteiger partial charge in [0.1, 0.15) is 0 Å². The zero-order valence-corrected chi connectivity index (χ0v) is 15.7. The molecule has 138 valence electrons. The van der Waals surface area contributed by atoms with Crippen molar-refractivity contribution in [2.45, 2.75) is 44.7 Å². The molecule has 2 aliphatic rings. The largest absolute Gasteiger partial charge is 0.299 e. The fourth-order valence-electron chi connectivity index (χ4n) is 4.05. The first kappa shape index (κ1) is 16.4. The molecule has 0 amide bonds. The maximum absolute atomic E-state index is 9.99. The molecule has 2 aromatic heterocycles. The second-order valence-electron chi connectivity index (χ2n) is 7.48. The van der Waals surface area contributed by atoms with Gasteiger partial charge in [-0.25, -0.2) is 0 Å². The fourth-order valence-corrected chi connectivity index (χ4v) is 5.79. The Hall–Kier alpha value is -1.83. The summed E-state index contributed by atoms with van der Waals surface area (Å²) in [5.41, 5.74) is 4.51. The predicted octanol–water partition coefficient (Wildman–Crippen LogP) is 4.49. The van der Waals surface area contributed by atoms with Crippen LogP contribution in [0.2, 0.25) is 0 Å². The molecule has 1 atom stereocenters. The summed E-state index contributed by atoms with van der Waals surface area (Å²) in [6, 6.07) is 9.15. The minimum absolute atomic E-state index is 0.0558. The minimum atomic E-state index is -2.44. The number of fused-ring (bicyclic) bond motifs is 1. The van der Waals surface area contributed by atoms with Gasteiger partial charge in [0, 0.05) is 22.9 Å². The van der Waals surface area contributed by atoms with Gasteiger partial charge in [-0.1, -0.05) is 19.1 Å². The third-order valence-corrected chi connectivity index (χ3v) is 7.37. The molecule has 0 radical (unpaired) electrons. The van der Waals surface area contributed by atoms with E-state index in [1.54, 1.807) is 6.20 Å². The number of aryl methyl sites for hydroxylation is 1. The van der Waals surface area contributed by atoms with Gasteiger partial charge in [-0.15, -0.1) is 0 Å². The highest BCUT2D eigenvalue weighted by atomic mass is 32.3. The van der Waals surface area contributed by atoms with Crippen LogP contribution in [0.15, 0.2) is 30.5 Å². The zero-order chi connectivity index (χ0) is 17.9. The van der Waals surface area contributed by atoms with Crippen LogP contribution in [0.5, 0.6) is 0 Å². The van der Waals surface area contributed by atoms with Crippen molar-refractivity contribution in [1.82, 2.24) is 19.6 Å². The molecule has 1 aliphatic carbocycles. The third kappa shape index (κ3) is 2.66. The molecular formula is C19H24N4O2S. The third-order valence-electron chi connectivity index (χ3n) is 5.56. The Morgan fingerprint density at radius 1 is 1.12 bits per heavy atom. The van der Waals surface area contributed by atoms with Gasteiger partial charge in [0.2, 0.25) is 0 Å². The number of hydrogen-bond acceptors (Lipinski definition) is 4. The Balaban J connectivity index is 1.58. The molecule has 2 fully saturated rings. The van der Waals surface area contributed by atoms with Crippen LogP contribution in [-0.4, -0.2) is 40.2 Å². The molecule has 1 aliphatic heterocycles. The Morgan fingerprint density at radius 2 is 1.96 bits per heavy atom. The van der Waals surface area contributed by atoms with Gasteiger partial charge in [0.05, 0.1) is 34.7 Å². The van der Waals surface area contributed by atoms with Crippen molar-refractivity contribution in [3.8, 4) is 11.3 Å². The maximum atomic E-state index is 9.99. The molecule has 1 aromatic carbocycles. The number of aromatic nitrogens is 4. The molecule has 0 bridgehead atoms. The topological polar surface area (TPSA) is 76.1 Å². The highest BCUT2D eigenvalue weighted by Gasteiger charge is 2.31. The van der Waals surface area contributed by atoms with E-state index in [1.807, 2.05) is 10.7 Å². The van der Waals surface area contributed by atoms with Crippen LogP contribution >= 0.6 is 10.6 Å². The normalized spacial score (nSPS) is 23.6. The first-order valence-corrected chi connectivity index (χ1v) is 11.2. The number of benzene rings is 1. The van der Waals surface area contributed by atoms with Gasteiger partial charge < -0.3 is 0 Å². The van der Waals surface area contributed by atoms with Crippen LogP contribution in [-0.2, 0) is 6.42 Å². The lowest BCUT2D eigenvalue weighted by Gasteiger charge is -2.26. The Morgan fingerprint density at radius 3 is 2.65 bits per heavy atom. The summed E-state index contributed by atoms with van der Waals surface area (Å²) in [6.45, 7) is 2.15. The van der Waals surface area contributed by atoms with Crippen LogP contribution < -0.4 is 0 Å². The summed E-state index contributed by atoms with van der Waals surface area (Å²) < 4.78 is 24.1. The lowest BCUT2D eigenvalue weighted by Crippen LogP contribution is -2.12. The number of rotatable bonds is 4. The minimum Gasteiger partial charge on any atom is -0.299 e. The highest BCUT2D eigenvalue weighted by Crippen LogP contribution is 2.50. The molecule has 2 N–H and O–H groups in total. The van der Waals surface area contributed by atoms with E-state index in [-0.39, 0.29) is 6.04 Å². The van der Waals surface area contributed by atoms with E-state index in [2.05, 4.69) is 34.9 Å². The zero-order valence-electron chi connectivity index (χ0n) is 14.9. The predicted molar refractivity (Wildman–Crippen MR) is 105 cm³/mol. The molecule has 3 heterocycles. The summed E-state index contributed by atoms with van der Waals surface area (Å²) in [5, 5.41) is 10.6. The van der Waals surface area contributed by atoms with Crippen molar-refractivity contribution in [2.75, 3.05) is 11.5 Å². The molecule has 26 heavy (non-hydrogen) atoms. The van der Waals surface area contributed by atoms with Gasteiger partial charge >= 0.3 is 0 Å². The number of nitrogens with zero attached hydrogens (tertiary/aromatic N) is 4. The van der Waals surface area contributed by atoms with Gasteiger partial charge in [-0.3, -0.25) is 18.5 Å². The molecule has 6 nitrogen and oxygen atoms in total. The molecule has 0 spiro atoms. The van der Waals surface area contributed by atoms with E-state index in [4.69, 9.17) is 5.10 Å². The van der Waals surface area contributed by atoms with E-state index in [0.717, 1.165) is 29.8 Å². The van der Waals surface area contributed by atoms with E-state index in [0.29, 0.717) is 17.5 Å². The summed E-state index contributed by atoms with van der Waals surface area (Å²) in [4.78, 5) is 0. The second kappa shape index (κ2) is 5.84. The van der Waals surface area contributed by atoms with Gasteiger partial charge in [0.25, 0.3) is 0 Å². The van der Waals surface area contributed by atoms with Gasteiger partial charge in [-0.05, 0) is 37.8 Å². The van der Waals surface area contributed by atoms with E-state index < -0.39 is 10.6 Å². The quantitative estimate of drug-likeness (QED) is 0.707. The summed E-state index contributed by atoms with van der Waals surface area (Å²) in [5.74, 6) is 0.883. The standard InChI is InChI=1S/C19H24N4O2S/c1-2-17-16-6-3-13(11-19(16)23(21-17)14-4-5-14)18-7-9-20-22(18)15-8-10-26(24,25)12-15/h3,6-7,9,11,14-15,24-25H,2,4-5,8,10,12H2,1H3. The Kier molecular flexibility index (Phi) is 3.67. The van der Waals surface area contributed by atoms with Crippen LogP contribution in [0.4, 0.5) is 0 Å². The molecule has 1 saturated carbocycles. The van der Waals surface area contributed by atoms with Crippen LogP contribution in [0.3, 0.4) is 0 Å². The Labute approximate surface area is 154 Å². The first-order chi connectivity index (χ1) is 12.6. The molecular weight excluding hydrogens is 348 g/mol. The highest BCUT2D eigenvalue weighted by molar-refractivity contribution is 8.24. The Bertz CT molecular complexity index is 973. The summed E-state index contributed by atoms with van der Waals surface area (Å²) in [7, 11) is -2.44. The summed E-state index contributed by atoms with van der Waals surface area (Å²) >= 11 is 0. The maximum Gasteiger partial charge on any atom is 0.0714 e. The lowest BCUT2D eigenvalue weighted by molar-refractivity contribution is 0.480. The monoisotopic (exact) mass is 372 g/mol. The van der Waals surface area contributed by atoms with Crippen molar-refractivity contribution in [3.63, 3.8) is 0 Å². The fraction of sp³-hybridized carbons (Fsp3) is 0.474. The van der Waals surface area contributed by atoms with Crippen LogP contribution in [0.25, 0.3) is 22.2 Å². The van der Waals surface area contributed by atoms with Crippen molar-refractivity contribution in [2.24, 2.45) is 0 Å². The summed E-state index contributed by atoms with van der Waals surface area (Å²) in [6.07, 6.45) is 5.93. The number of hydrogen-bond donors (Lipinski definition) is 2. The van der Waals surface area contributed by atoms with Gasteiger partial charge in [-0.2, -0.15) is 20.8 Å². The van der Waals surface area contributed by atoms with Crippen molar-refractivity contribution in [1.29, 1.82) is 0 Å². The second-order valence-corrected chi connectivity index (χ2v) is 9.83. The van der Waals surface area contributed by atoms with Gasteiger partial charge in [0.15, 0.2) is 0 Å². The average molecular weight is 372 g/mol. The van der Waals surface area contributed by atoms with Crippen molar-refractivity contribution in [3.05, 3.63) is 36.2 Å². The lowest BCUT2D eigenvalue weighted by atomic mass is 10.1. The van der Waals surface area contributed by atoms with Crippen LogP contribution in [0, 0.1) is 0 Å². The first-order valence-electron chi connectivity index (χ1n) is 9.34. The molecule has 5 rings (SSSR count). The van der Waals surface area contributed by atoms with E-state index in [1.165, 1.54) is 23.7 Å². The van der Waals surface area contributed by atoms with E-state index >= 15 is 0 Å². The average Bonchev–Trinajstić information content (AvgIpc) is 3.08. The molecule has 1 saturated heterocycles. The van der Waals surface area contributed by atoms with Crippen molar-refractivity contribution < 1.29 is 9.11 Å². The molecule has 1 unspecified atom stereocenters. The molecule has 3 aromatic rings.